The molecule has 0 aromatic rings. The second kappa shape index (κ2) is 5.03. The number of rotatable bonds is 5. The lowest BCUT2D eigenvalue weighted by atomic mass is 10.1. The van der Waals surface area contributed by atoms with E-state index < -0.39 is 0 Å². The van der Waals surface area contributed by atoms with Crippen molar-refractivity contribution in [1.82, 2.24) is 4.90 Å². The van der Waals surface area contributed by atoms with E-state index >= 15 is 0 Å². The lowest BCUT2D eigenvalue weighted by molar-refractivity contribution is 0.344. The van der Waals surface area contributed by atoms with E-state index in [2.05, 4.69) is 24.6 Å². The Morgan fingerprint density at radius 1 is 1.23 bits per heavy atom. The van der Waals surface area contributed by atoms with Gasteiger partial charge in [0.15, 0.2) is 0 Å². The Labute approximate surface area is 81.4 Å². The normalized spacial score (nSPS) is 17.2. The molecule has 0 amide bonds. The van der Waals surface area contributed by atoms with E-state index in [9.17, 15) is 0 Å². The first-order valence-electron chi connectivity index (χ1n) is 4.96. The molecule has 0 spiro atoms. The summed E-state index contributed by atoms with van der Waals surface area (Å²) >= 11 is 0. The van der Waals surface area contributed by atoms with Crippen LogP contribution in [0.4, 0.5) is 0 Å². The molecule has 13 heavy (non-hydrogen) atoms. The summed E-state index contributed by atoms with van der Waals surface area (Å²) in [5, 5.41) is 0. The summed E-state index contributed by atoms with van der Waals surface area (Å²) < 4.78 is 0. The topological polar surface area (TPSA) is 3.24 Å². The van der Waals surface area contributed by atoms with E-state index in [1.54, 1.807) is 6.08 Å². The molecule has 0 aromatic heterocycles. The zero-order chi connectivity index (χ0) is 9.68. The molecule has 0 aliphatic carbocycles. The summed E-state index contributed by atoms with van der Waals surface area (Å²) in [6.45, 7) is 15.2. The van der Waals surface area contributed by atoms with E-state index in [1.807, 2.05) is 0 Å². The van der Waals surface area contributed by atoms with Crippen LogP contribution >= 0.6 is 0 Å². The van der Waals surface area contributed by atoms with Gasteiger partial charge in [-0.05, 0) is 43.5 Å². The smallest absolute Gasteiger partial charge is 0.00218 e. The molecular formula is C12H19N. The molecule has 1 saturated heterocycles. The third-order valence-corrected chi connectivity index (χ3v) is 2.63. The summed E-state index contributed by atoms with van der Waals surface area (Å²) in [6.07, 6.45) is 5.53. The molecular weight excluding hydrogens is 158 g/mol. The Balaban J connectivity index is 2.21. The zero-order valence-electron chi connectivity index (χ0n) is 8.39. The third-order valence-electron chi connectivity index (χ3n) is 2.63. The highest BCUT2D eigenvalue weighted by Crippen LogP contribution is 2.14. The van der Waals surface area contributed by atoms with Crippen LogP contribution in [0.25, 0.3) is 0 Å². The van der Waals surface area contributed by atoms with Gasteiger partial charge in [0.05, 0.1) is 0 Å². The van der Waals surface area contributed by atoms with Crippen molar-refractivity contribution in [3.8, 4) is 0 Å². The molecule has 0 N–H and O–H groups in total. The Kier molecular flexibility index (Phi) is 3.97. The number of hydrogen-bond donors (Lipinski definition) is 0. The van der Waals surface area contributed by atoms with Crippen LogP contribution in [0.15, 0.2) is 37.0 Å². The van der Waals surface area contributed by atoms with Crippen LogP contribution in [0, 0.1) is 0 Å². The van der Waals surface area contributed by atoms with Crippen LogP contribution in [0.2, 0.25) is 0 Å². The van der Waals surface area contributed by atoms with E-state index in [0.29, 0.717) is 0 Å². The Hall–Kier alpha value is -0.820. The molecule has 0 unspecified atom stereocenters. The van der Waals surface area contributed by atoms with Crippen molar-refractivity contribution < 1.29 is 0 Å². The first kappa shape index (κ1) is 10.3. The average molecular weight is 177 g/mol. The first-order chi connectivity index (χ1) is 6.24. The second-order valence-corrected chi connectivity index (χ2v) is 3.63. The van der Waals surface area contributed by atoms with E-state index in [-0.39, 0.29) is 0 Å². The van der Waals surface area contributed by atoms with Gasteiger partial charge in [-0.15, -0.1) is 0 Å². The van der Waals surface area contributed by atoms with Crippen LogP contribution in [0.5, 0.6) is 0 Å². The Bertz CT molecular complexity index is 209. The zero-order valence-corrected chi connectivity index (χ0v) is 8.39. The van der Waals surface area contributed by atoms with Crippen LogP contribution in [0.3, 0.4) is 0 Å². The van der Waals surface area contributed by atoms with Gasteiger partial charge >= 0.3 is 0 Å². The van der Waals surface area contributed by atoms with E-state index in [0.717, 1.165) is 24.1 Å². The SMILES string of the molecule is C=CC(=C)C(=C)CCN1CCCC1. The summed E-state index contributed by atoms with van der Waals surface area (Å²) in [5.74, 6) is 0. The Morgan fingerprint density at radius 2 is 1.85 bits per heavy atom. The predicted molar refractivity (Wildman–Crippen MR) is 58.8 cm³/mol. The number of nitrogens with zero attached hydrogens (tertiary/aromatic N) is 1. The first-order valence-corrected chi connectivity index (χ1v) is 4.96. The van der Waals surface area contributed by atoms with Gasteiger partial charge in [-0.2, -0.15) is 0 Å². The average Bonchev–Trinajstić information content (AvgIpc) is 2.65. The van der Waals surface area contributed by atoms with E-state index in [4.69, 9.17) is 0 Å². The molecule has 0 radical (unpaired) electrons. The van der Waals surface area contributed by atoms with Gasteiger partial charge in [0.2, 0.25) is 0 Å². The predicted octanol–water partition coefficient (Wildman–Crippen LogP) is 2.77. The number of hydrogen-bond acceptors (Lipinski definition) is 1. The quantitative estimate of drug-likeness (QED) is 0.584. The van der Waals surface area contributed by atoms with Gasteiger partial charge in [-0.1, -0.05) is 25.8 Å². The molecule has 1 aliphatic heterocycles. The molecule has 72 valence electrons. The van der Waals surface area contributed by atoms with Crippen molar-refractivity contribution in [2.75, 3.05) is 19.6 Å². The van der Waals surface area contributed by atoms with Crippen molar-refractivity contribution in [2.45, 2.75) is 19.3 Å². The fourth-order valence-electron chi connectivity index (χ4n) is 1.60. The Morgan fingerprint density at radius 3 is 2.38 bits per heavy atom. The standard InChI is InChI=1S/C12H19N/c1-4-11(2)12(3)7-10-13-8-5-6-9-13/h4H,1-3,5-10H2. The maximum Gasteiger partial charge on any atom is 0.00218 e. The van der Waals surface area contributed by atoms with Gasteiger partial charge in [0.1, 0.15) is 0 Å². The van der Waals surface area contributed by atoms with Gasteiger partial charge in [0.25, 0.3) is 0 Å². The minimum Gasteiger partial charge on any atom is -0.303 e. The molecule has 1 fully saturated rings. The third kappa shape index (κ3) is 3.19. The second-order valence-electron chi connectivity index (χ2n) is 3.63. The lowest BCUT2D eigenvalue weighted by Gasteiger charge is -2.15. The maximum absolute atomic E-state index is 3.99. The summed E-state index contributed by atoms with van der Waals surface area (Å²) in [7, 11) is 0. The molecule has 1 nitrogen and oxygen atoms in total. The van der Waals surface area contributed by atoms with Crippen molar-refractivity contribution in [3.05, 3.63) is 37.0 Å². The van der Waals surface area contributed by atoms with Crippen LogP contribution in [-0.2, 0) is 0 Å². The monoisotopic (exact) mass is 177 g/mol. The summed E-state index contributed by atoms with van der Waals surface area (Å²) in [4.78, 5) is 2.49. The van der Waals surface area contributed by atoms with Crippen LogP contribution in [0.1, 0.15) is 19.3 Å². The molecule has 1 heteroatoms. The van der Waals surface area contributed by atoms with Gasteiger partial charge in [-0.25, -0.2) is 0 Å². The molecule has 0 bridgehead atoms. The fraction of sp³-hybridized carbons (Fsp3) is 0.500. The minimum absolute atomic E-state index is 0.985. The number of likely N-dealkylation sites (tertiary alicyclic amines) is 1. The molecule has 0 atom stereocenters. The number of allylic oxidation sites excluding steroid dienone is 2. The molecule has 1 heterocycles. The maximum atomic E-state index is 3.99. The molecule has 1 rings (SSSR count). The van der Waals surface area contributed by atoms with Gasteiger partial charge in [0, 0.05) is 6.54 Å². The minimum atomic E-state index is 0.985. The van der Waals surface area contributed by atoms with Crippen molar-refractivity contribution in [1.29, 1.82) is 0 Å². The largest absolute Gasteiger partial charge is 0.303 e. The van der Waals surface area contributed by atoms with Crippen LogP contribution < -0.4 is 0 Å². The molecule has 0 saturated carbocycles. The van der Waals surface area contributed by atoms with Crippen molar-refractivity contribution in [3.63, 3.8) is 0 Å². The van der Waals surface area contributed by atoms with E-state index in [1.165, 1.54) is 25.9 Å². The molecule has 0 aromatic carbocycles. The summed E-state index contributed by atoms with van der Waals surface area (Å²) in [5.41, 5.74) is 2.11. The fourth-order valence-corrected chi connectivity index (χ4v) is 1.60. The van der Waals surface area contributed by atoms with Crippen molar-refractivity contribution >= 4 is 0 Å². The highest BCUT2D eigenvalue weighted by molar-refractivity contribution is 5.33. The highest BCUT2D eigenvalue weighted by Gasteiger charge is 2.10. The highest BCUT2D eigenvalue weighted by atomic mass is 15.1. The van der Waals surface area contributed by atoms with Crippen molar-refractivity contribution in [2.24, 2.45) is 0 Å². The molecule has 1 aliphatic rings. The lowest BCUT2D eigenvalue weighted by Crippen LogP contribution is -2.20. The summed E-state index contributed by atoms with van der Waals surface area (Å²) in [6, 6.07) is 0. The van der Waals surface area contributed by atoms with Crippen LogP contribution in [-0.4, -0.2) is 24.5 Å². The van der Waals surface area contributed by atoms with Gasteiger partial charge in [-0.3, -0.25) is 0 Å². The van der Waals surface area contributed by atoms with Gasteiger partial charge < -0.3 is 4.90 Å².